The lowest BCUT2D eigenvalue weighted by Gasteiger charge is -2.19. The van der Waals surface area contributed by atoms with Gasteiger partial charge >= 0.3 is 0 Å². The topological polar surface area (TPSA) is 96.2 Å². The Morgan fingerprint density at radius 1 is 1.28 bits per heavy atom. The van der Waals surface area contributed by atoms with Crippen molar-refractivity contribution in [3.05, 3.63) is 62.1 Å². The fourth-order valence-corrected chi connectivity index (χ4v) is 3.60. The van der Waals surface area contributed by atoms with Gasteiger partial charge in [0.2, 0.25) is 11.7 Å². The Morgan fingerprint density at radius 2 is 1.97 bits per heavy atom. The fourth-order valence-electron chi connectivity index (χ4n) is 3.60. The maximum atomic E-state index is 13.4. The summed E-state index contributed by atoms with van der Waals surface area (Å²) in [7, 11) is 0. The minimum absolute atomic E-state index is 0.0701. The van der Waals surface area contributed by atoms with Crippen LogP contribution in [0.2, 0.25) is 0 Å². The molecule has 3 rings (SSSR count). The number of aromatic nitrogens is 1. The van der Waals surface area contributed by atoms with Crippen LogP contribution in [0.1, 0.15) is 71.6 Å². The van der Waals surface area contributed by atoms with Gasteiger partial charge in [0.1, 0.15) is 17.2 Å². The molecule has 1 aromatic carbocycles. The Hall–Kier alpha value is -3.33. The van der Waals surface area contributed by atoms with Crippen LogP contribution in [0, 0.1) is 25.2 Å². The molecule has 1 unspecified atom stereocenters. The monoisotopic (exact) mass is 392 g/mol. The van der Waals surface area contributed by atoms with Gasteiger partial charge in [-0.1, -0.05) is 19.9 Å². The first-order valence-electron chi connectivity index (χ1n) is 9.71. The average Bonchev–Trinajstić information content (AvgIpc) is 3.03. The second kappa shape index (κ2) is 7.59. The molecule has 2 aromatic heterocycles. The molecule has 0 aliphatic heterocycles. The molecule has 0 amide bonds. The van der Waals surface area contributed by atoms with Crippen molar-refractivity contribution in [1.82, 2.24) is 4.57 Å². The summed E-state index contributed by atoms with van der Waals surface area (Å²) in [6.07, 6.45) is 1.41. The summed E-state index contributed by atoms with van der Waals surface area (Å²) in [5.74, 6) is -0.870. The smallest absolute Gasteiger partial charge is 0.271 e. The summed E-state index contributed by atoms with van der Waals surface area (Å²) in [4.78, 5) is 26.1. The molecular weight excluding hydrogens is 368 g/mol. The van der Waals surface area contributed by atoms with Crippen LogP contribution in [0.4, 0.5) is 0 Å². The number of furan rings is 1. The van der Waals surface area contributed by atoms with Crippen LogP contribution < -0.4 is 5.56 Å². The van der Waals surface area contributed by atoms with E-state index in [1.807, 2.05) is 38.1 Å². The minimum atomic E-state index is -0.595. The Bertz CT molecular complexity index is 1220. The molecule has 3 aromatic rings. The van der Waals surface area contributed by atoms with E-state index < -0.39 is 17.2 Å². The number of aryl methyl sites for hydroxylation is 2. The molecule has 0 radical (unpaired) electrons. The van der Waals surface area contributed by atoms with E-state index in [9.17, 15) is 20.0 Å². The molecule has 0 saturated heterocycles. The maximum Gasteiger partial charge on any atom is 0.271 e. The highest BCUT2D eigenvalue weighted by molar-refractivity contribution is 6.12. The van der Waals surface area contributed by atoms with Crippen LogP contribution >= 0.6 is 0 Å². The van der Waals surface area contributed by atoms with E-state index in [0.29, 0.717) is 17.6 Å². The van der Waals surface area contributed by atoms with Gasteiger partial charge in [-0.05, 0) is 56.9 Å². The van der Waals surface area contributed by atoms with E-state index in [1.165, 1.54) is 6.92 Å². The third-order valence-corrected chi connectivity index (χ3v) is 5.62. The zero-order valence-electron chi connectivity index (χ0n) is 17.3. The first kappa shape index (κ1) is 20.4. The number of carbonyl (C=O) groups is 1. The van der Waals surface area contributed by atoms with Gasteiger partial charge in [-0.3, -0.25) is 14.2 Å². The predicted octanol–water partition coefficient (Wildman–Crippen LogP) is 4.55. The number of aromatic hydroxyl groups is 1. The van der Waals surface area contributed by atoms with Crippen molar-refractivity contribution in [2.45, 2.75) is 53.5 Å². The normalized spacial score (nSPS) is 12.1. The van der Waals surface area contributed by atoms with E-state index in [4.69, 9.17) is 4.42 Å². The number of pyridine rings is 1. The maximum absolute atomic E-state index is 13.4. The van der Waals surface area contributed by atoms with Crippen molar-refractivity contribution < 1.29 is 14.3 Å². The van der Waals surface area contributed by atoms with Crippen LogP contribution in [0.3, 0.4) is 0 Å². The molecule has 0 spiro atoms. The van der Waals surface area contributed by atoms with Gasteiger partial charge in [-0.2, -0.15) is 5.26 Å². The lowest BCUT2D eigenvalue weighted by Crippen LogP contribution is -2.28. The number of hydrogen-bond acceptors (Lipinski definition) is 5. The van der Waals surface area contributed by atoms with E-state index in [1.54, 1.807) is 13.8 Å². The Labute approximate surface area is 169 Å². The molecule has 2 heterocycles. The molecule has 0 fully saturated rings. The van der Waals surface area contributed by atoms with E-state index in [2.05, 4.69) is 0 Å². The molecule has 0 aliphatic carbocycles. The van der Waals surface area contributed by atoms with Gasteiger partial charge in [0.15, 0.2) is 5.76 Å². The molecule has 150 valence electrons. The van der Waals surface area contributed by atoms with Crippen LogP contribution in [0.25, 0.3) is 11.0 Å². The summed E-state index contributed by atoms with van der Waals surface area (Å²) in [6, 6.07) is 7.27. The number of carbonyl (C=O) groups excluding carboxylic acids is 1. The molecule has 29 heavy (non-hydrogen) atoms. The standard InChI is InChI=1S/C23H24N2O4/c1-6-12(3)25-22(27)17(11-24)13(4)19(23(25)28)20(26)21-14(5)16-10-15(7-2)8-9-18(16)29-21/h8-10,12,28H,6-7H2,1-5H3. The first-order valence-corrected chi connectivity index (χ1v) is 9.71. The second-order valence-electron chi connectivity index (χ2n) is 7.31. The van der Waals surface area contributed by atoms with Crippen molar-refractivity contribution in [3.63, 3.8) is 0 Å². The lowest BCUT2D eigenvalue weighted by molar-refractivity contribution is 0.100. The highest BCUT2D eigenvalue weighted by atomic mass is 16.3. The Morgan fingerprint density at radius 3 is 2.55 bits per heavy atom. The number of ketones is 1. The molecule has 1 atom stereocenters. The van der Waals surface area contributed by atoms with Crippen LogP contribution in [0.15, 0.2) is 27.4 Å². The largest absolute Gasteiger partial charge is 0.494 e. The third-order valence-electron chi connectivity index (χ3n) is 5.62. The number of rotatable bonds is 5. The van der Waals surface area contributed by atoms with Gasteiger partial charge < -0.3 is 9.52 Å². The molecule has 1 N–H and O–H groups in total. The fraction of sp³-hybridized carbons (Fsp3) is 0.348. The summed E-state index contributed by atoms with van der Waals surface area (Å²) in [5, 5.41) is 21.2. The number of hydrogen-bond donors (Lipinski definition) is 1. The predicted molar refractivity (Wildman–Crippen MR) is 111 cm³/mol. The van der Waals surface area contributed by atoms with Gasteiger partial charge in [-0.15, -0.1) is 0 Å². The number of nitrogens with zero attached hydrogens (tertiary/aromatic N) is 2. The third kappa shape index (κ3) is 3.13. The molecule has 6 nitrogen and oxygen atoms in total. The minimum Gasteiger partial charge on any atom is -0.494 e. The van der Waals surface area contributed by atoms with E-state index in [-0.39, 0.29) is 28.5 Å². The zero-order chi connectivity index (χ0) is 21.5. The van der Waals surface area contributed by atoms with Gasteiger partial charge in [0.05, 0.1) is 5.56 Å². The Balaban J connectivity index is 2.30. The highest BCUT2D eigenvalue weighted by Gasteiger charge is 2.29. The van der Waals surface area contributed by atoms with E-state index in [0.717, 1.165) is 21.9 Å². The summed E-state index contributed by atoms with van der Waals surface area (Å²) in [6.45, 7) is 8.96. The molecule has 0 aliphatic rings. The number of nitriles is 1. The molecule has 0 saturated carbocycles. The van der Waals surface area contributed by atoms with Crippen LogP contribution in [-0.2, 0) is 6.42 Å². The van der Waals surface area contributed by atoms with Crippen molar-refractivity contribution in [3.8, 4) is 11.9 Å². The van der Waals surface area contributed by atoms with Gasteiger partial charge in [0, 0.05) is 17.0 Å². The van der Waals surface area contributed by atoms with E-state index >= 15 is 0 Å². The molecule has 0 bridgehead atoms. The molecule has 6 heteroatoms. The van der Waals surface area contributed by atoms with Crippen molar-refractivity contribution in [2.75, 3.05) is 0 Å². The van der Waals surface area contributed by atoms with Crippen LogP contribution in [0.5, 0.6) is 5.88 Å². The number of benzene rings is 1. The first-order chi connectivity index (χ1) is 13.8. The number of fused-ring (bicyclic) bond motifs is 1. The summed E-state index contributed by atoms with van der Waals surface area (Å²) >= 11 is 0. The summed E-state index contributed by atoms with van der Waals surface area (Å²) < 4.78 is 6.94. The van der Waals surface area contributed by atoms with Crippen LogP contribution in [-0.4, -0.2) is 15.5 Å². The quantitative estimate of drug-likeness (QED) is 0.643. The second-order valence-corrected chi connectivity index (χ2v) is 7.31. The van der Waals surface area contributed by atoms with Gasteiger partial charge in [-0.25, -0.2) is 0 Å². The summed E-state index contributed by atoms with van der Waals surface area (Å²) in [5.41, 5.74) is 1.72. The van der Waals surface area contributed by atoms with Crippen molar-refractivity contribution >= 4 is 16.8 Å². The van der Waals surface area contributed by atoms with Crippen molar-refractivity contribution in [1.29, 1.82) is 5.26 Å². The van der Waals surface area contributed by atoms with Crippen molar-refractivity contribution in [2.24, 2.45) is 0 Å². The molecular formula is C23H24N2O4. The SMILES string of the molecule is CCc1ccc2oc(C(=O)c3c(C)c(C#N)c(=O)n(C(C)CC)c3O)c(C)c2c1. The zero-order valence-corrected chi connectivity index (χ0v) is 17.3. The Kier molecular flexibility index (Phi) is 5.34. The average molecular weight is 392 g/mol. The highest BCUT2D eigenvalue weighted by Crippen LogP contribution is 2.32. The lowest BCUT2D eigenvalue weighted by atomic mass is 9.97. The van der Waals surface area contributed by atoms with Gasteiger partial charge in [0.25, 0.3) is 5.56 Å².